The van der Waals surface area contributed by atoms with E-state index in [-0.39, 0.29) is 0 Å². The monoisotopic (exact) mass is 224 g/mol. The fraction of sp³-hybridized carbons (Fsp3) is 0.364. The number of hydrogen-bond donors (Lipinski definition) is 0. The first-order valence-corrected chi connectivity index (χ1v) is 4.96. The molecular weight excluding hydrogens is 212 g/mol. The summed E-state index contributed by atoms with van der Waals surface area (Å²) in [6.07, 6.45) is 0. The minimum Gasteiger partial charge on any atom is -0.383 e. The Morgan fingerprint density at radius 1 is 1.53 bits per heavy atom. The predicted molar refractivity (Wildman–Crippen MR) is 61.3 cm³/mol. The van der Waals surface area contributed by atoms with Crippen LogP contribution >= 0.6 is 11.6 Å². The molecule has 0 aliphatic carbocycles. The van der Waals surface area contributed by atoms with E-state index in [0.29, 0.717) is 17.2 Å². The van der Waals surface area contributed by atoms with Gasteiger partial charge in [-0.3, -0.25) is 0 Å². The third kappa shape index (κ3) is 3.12. The molecular formula is C11H13ClN2O. The average molecular weight is 225 g/mol. The van der Waals surface area contributed by atoms with E-state index in [1.165, 1.54) is 0 Å². The van der Waals surface area contributed by atoms with Crippen molar-refractivity contribution in [2.75, 3.05) is 32.2 Å². The van der Waals surface area contributed by atoms with Crippen LogP contribution in [0.5, 0.6) is 0 Å². The molecule has 0 atom stereocenters. The number of methoxy groups -OCH3 is 1. The molecule has 0 spiro atoms. The minimum absolute atomic E-state index is 0.619. The Hall–Kier alpha value is -1.24. The van der Waals surface area contributed by atoms with E-state index in [1.807, 2.05) is 11.9 Å². The highest BCUT2D eigenvalue weighted by atomic mass is 35.5. The smallest absolute Gasteiger partial charge is 0.101 e. The molecule has 15 heavy (non-hydrogen) atoms. The summed E-state index contributed by atoms with van der Waals surface area (Å²) < 4.78 is 4.98. The Labute approximate surface area is 94.8 Å². The second-order valence-electron chi connectivity index (χ2n) is 3.19. The van der Waals surface area contributed by atoms with E-state index < -0.39 is 0 Å². The van der Waals surface area contributed by atoms with Crippen LogP contribution < -0.4 is 4.90 Å². The fourth-order valence-corrected chi connectivity index (χ4v) is 1.43. The molecule has 0 aliphatic heterocycles. The van der Waals surface area contributed by atoms with Crippen LogP contribution in [0.25, 0.3) is 0 Å². The van der Waals surface area contributed by atoms with Gasteiger partial charge in [0.1, 0.15) is 6.07 Å². The lowest BCUT2D eigenvalue weighted by atomic mass is 10.2. The van der Waals surface area contributed by atoms with E-state index >= 15 is 0 Å². The lowest BCUT2D eigenvalue weighted by Crippen LogP contribution is -2.22. The van der Waals surface area contributed by atoms with Crippen molar-refractivity contribution < 1.29 is 4.74 Å². The van der Waals surface area contributed by atoms with Gasteiger partial charge in [-0.25, -0.2) is 0 Å². The molecule has 0 fully saturated rings. The van der Waals surface area contributed by atoms with Gasteiger partial charge in [0.15, 0.2) is 0 Å². The van der Waals surface area contributed by atoms with Gasteiger partial charge >= 0.3 is 0 Å². The molecule has 1 aromatic rings. The van der Waals surface area contributed by atoms with Crippen LogP contribution in [0.4, 0.5) is 5.69 Å². The van der Waals surface area contributed by atoms with E-state index in [4.69, 9.17) is 21.6 Å². The Bertz CT molecular complexity index is 373. The van der Waals surface area contributed by atoms with Gasteiger partial charge in [0.2, 0.25) is 0 Å². The van der Waals surface area contributed by atoms with Gasteiger partial charge < -0.3 is 9.64 Å². The van der Waals surface area contributed by atoms with E-state index in [2.05, 4.69) is 6.07 Å². The van der Waals surface area contributed by atoms with Crippen molar-refractivity contribution in [2.24, 2.45) is 0 Å². The van der Waals surface area contributed by atoms with E-state index in [1.54, 1.807) is 25.3 Å². The first-order valence-electron chi connectivity index (χ1n) is 4.58. The zero-order valence-electron chi connectivity index (χ0n) is 8.83. The molecule has 3 nitrogen and oxygen atoms in total. The first-order chi connectivity index (χ1) is 7.19. The van der Waals surface area contributed by atoms with Gasteiger partial charge in [0.05, 0.1) is 17.9 Å². The third-order valence-corrected chi connectivity index (χ3v) is 2.36. The molecule has 0 saturated carbocycles. The number of ether oxygens (including phenoxy) is 1. The summed E-state index contributed by atoms with van der Waals surface area (Å²) in [5.41, 5.74) is 1.46. The predicted octanol–water partition coefficient (Wildman–Crippen LogP) is 2.29. The lowest BCUT2D eigenvalue weighted by molar-refractivity contribution is 0.206. The van der Waals surface area contributed by atoms with Crippen molar-refractivity contribution in [3.05, 3.63) is 28.8 Å². The van der Waals surface area contributed by atoms with Gasteiger partial charge in [-0.15, -0.1) is 0 Å². The molecule has 4 heteroatoms. The van der Waals surface area contributed by atoms with Crippen LogP contribution in [-0.4, -0.2) is 27.3 Å². The Kier molecular flexibility index (Phi) is 4.41. The summed E-state index contributed by atoms with van der Waals surface area (Å²) in [5.74, 6) is 0. The minimum atomic E-state index is 0.619. The maximum atomic E-state index is 8.93. The summed E-state index contributed by atoms with van der Waals surface area (Å²) in [6, 6.07) is 7.37. The Morgan fingerprint density at radius 2 is 2.27 bits per heavy atom. The van der Waals surface area contributed by atoms with Crippen molar-refractivity contribution >= 4 is 17.3 Å². The highest BCUT2D eigenvalue weighted by molar-refractivity contribution is 6.30. The summed E-state index contributed by atoms with van der Waals surface area (Å²) in [7, 11) is 3.56. The zero-order valence-corrected chi connectivity index (χ0v) is 9.58. The third-order valence-electron chi connectivity index (χ3n) is 2.12. The summed E-state index contributed by atoms with van der Waals surface area (Å²) in [4.78, 5) is 1.95. The second-order valence-corrected chi connectivity index (χ2v) is 3.62. The van der Waals surface area contributed by atoms with Crippen molar-refractivity contribution in [1.29, 1.82) is 5.26 Å². The van der Waals surface area contributed by atoms with Crippen LogP contribution in [-0.2, 0) is 4.74 Å². The molecule has 1 rings (SSSR count). The average Bonchev–Trinajstić information content (AvgIpc) is 2.25. The van der Waals surface area contributed by atoms with Crippen molar-refractivity contribution in [3.8, 4) is 6.07 Å². The van der Waals surface area contributed by atoms with Crippen LogP contribution in [0.15, 0.2) is 18.2 Å². The summed E-state index contributed by atoms with van der Waals surface area (Å²) in [5, 5.41) is 9.57. The maximum absolute atomic E-state index is 8.93. The summed E-state index contributed by atoms with van der Waals surface area (Å²) >= 11 is 5.88. The number of benzene rings is 1. The quantitative estimate of drug-likeness (QED) is 0.788. The maximum Gasteiger partial charge on any atom is 0.101 e. The molecule has 0 amide bonds. The van der Waals surface area contributed by atoms with E-state index in [9.17, 15) is 0 Å². The number of halogens is 1. The number of likely N-dealkylation sites (N-methyl/N-ethyl adjacent to an activating group) is 1. The van der Waals surface area contributed by atoms with Crippen LogP contribution in [0.1, 0.15) is 5.56 Å². The van der Waals surface area contributed by atoms with Crippen molar-refractivity contribution in [1.82, 2.24) is 0 Å². The number of nitrogens with zero attached hydrogens (tertiary/aromatic N) is 2. The first kappa shape index (κ1) is 11.8. The SMILES string of the molecule is COCCN(C)c1cc(Cl)ccc1C#N. The molecule has 0 unspecified atom stereocenters. The van der Waals surface area contributed by atoms with Crippen molar-refractivity contribution in [2.45, 2.75) is 0 Å². The highest BCUT2D eigenvalue weighted by Crippen LogP contribution is 2.23. The normalized spacial score (nSPS) is 9.73. The number of rotatable bonds is 4. The van der Waals surface area contributed by atoms with Gasteiger partial charge in [-0.1, -0.05) is 11.6 Å². The molecule has 1 aromatic carbocycles. The molecule has 0 saturated heterocycles. The molecule has 0 radical (unpaired) electrons. The number of nitriles is 1. The molecule has 0 aromatic heterocycles. The Balaban J connectivity index is 2.91. The molecule has 80 valence electrons. The van der Waals surface area contributed by atoms with Crippen LogP contribution in [0.2, 0.25) is 5.02 Å². The van der Waals surface area contributed by atoms with Crippen LogP contribution in [0.3, 0.4) is 0 Å². The second kappa shape index (κ2) is 5.59. The van der Waals surface area contributed by atoms with E-state index in [0.717, 1.165) is 12.2 Å². The van der Waals surface area contributed by atoms with Gasteiger partial charge in [-0.05, 0) is 18.2 Å². The fourth-order valence-electron chi connectivity index (χ4n) is 1.26. The van der Waals surface area contributed by atoms with Crippen LogP contribution in [0, 0.1) is 11.3 Å². The number of anilines is 1. The molecule has 0 N–H and O–H groups in total. The van der Waals surface area contributed by atoms with Crippen molar-refractivity contribution in [3.63, 3.8) is 0 Å². The largest absolute Gasteiger partial charge is 0.383 e. The zero-order chi connectivity index (χ0) is 11.3. The molecule has 0 bridgehead atoms. The lowest BCUT2D eigenvalue weighted by Gasteiger charge is -2.20. The van der Waals surface area contributed by atoms with Gasteiger partial charge in [-0.2, -0.15) is 5.26 Å². The topological polar surface area (TPSA) is 36.3 Å². The summed E-state index contributed by atoms with van der Waals surface area (Å²) in [6.45, 7) is 1.35. The highest BCUT2D eigenvalue weighted by Gasteiger charge is 2.07. The molecule has 0 aliphatic rings. The number of hydrogen-bond acceptors (Lipinski definition) is 3. The Morgan fingerprint density at radius 3 is 2.87 bits per heavy atom. The van der Waals surface area contributed by atoms with Gasteiger partial charge in [0.25, 0.3) is 0 Å². The standard InChI is InChI=1S/C11H13ClN2O/c1-14(5-6-15-2)11-7-10(12)4-3-9(11)8-13/h3-4,7H,5-6H2,1-2H3. The van der Waals surface area contributed by atoms with Gasteiger partial charge in [0, 0.05) is 25.7 Å². The molecule has 0 heterocycles.